The monoisotopic (exact) mass is 587 g/mol. The molecule has 13 nitrogen and oxygen atoms in total. The Morgan fingerprint density at radius 1 is 1.14 bits per heavy atom. The Morgan fingerprint density at radius 3 is 2.74 bits per heavy atom. The average molecular weight is 588 g/mol. The van der Waals surface area contributed by atoms with E-state index in [-0.39, 0.29) is 18.0 Å². The van der Waals surface area contributed by atoms with Gasteiger partial charge in [-0.3, -0.25) is 13.9 Å². The number of benzene rings is 1. The second kappa shape index (κ2) is 12.1. The number of carbonyl (C=O) groups excluding carboxylic acids is 2. The van der Waals surface area contributed by atoms with Crippen LogP contribution in [0, 0.1) is 11.3 Å². The summed E-state index contributed by atoms with van der Waals surface area (Å²) in [5.74, 6) is 0.360. The molecule has 0 spiro atoms. The van der Waals surface area contributed by atoms with Gasteiger partial charge in [0.15, 0.2) is 11.5 Å². The van der Waals surface area contributed by atoms with Crippen LogP contribution in [0.2, 0.25) is 5.02 Å². The van der Waals surface area contributed by atoms with Crippen molar-refractivity contribution in [1.29, 1.82) is 5.26 Å². The minimum atomic E-state index is -0.167. The van der Waals surface area contributed by atoms with Crippen LogP contribution >= 0.6 is 11.6 Å². The van der Waals surface area contributed by atoms with Gasteiger partial charge in [-0.25, -0.2) is 14.8 Å². The van der Waals surface area contributed by atoms with Crippen molar-refractivity contribution in [3.8, 4) is 17.3 Å². The number of halogens is 1. The quantitative estimate of drug-likeness (QED) is 0.299. The zero-order valence-electron chi connectivity index (χ0n) is 22.8. The highest BCUT2D eigenvalue weighted by Gasteiger charge is 2.27. The van der Waals surface area contributed by atoms with E-state index in [9.17, 15) is 9.59 Å². The number of carbonyl (C=O) groups is 2. The van der Waals surface area contributed by atoms with E-state index in [0.717, 1.165) is 30.8 Å². The maximum atomic E-state index is 13.3. The molecular formula is C28H30ClN11O2. The highest BCUT2D eigenvalue weighted by atomic mass is 35.5. The summed E-state index contributed by atoms with van der Waals surface area (Å²) in [7, 11) is 0. The molecular weight excluding hydrogens is 558 g/mol. The number of urea groups is 1. The fourth-order valence-electron chi connectivity index (χ4n) is 5.23. The number of hydrogen-bond acceptors (Lipinski definition) is 8. The number of nitrogens with zero attached hydrogens (tertiary/aromatic N) is 8. The molecule has 0 saturated carbocycles. The Labute approximate surface area is 247 Å². The van der Waals surface area contributed by atoms with Crippen molar-refractivity contribution in [3.63, 3.8) is 0 Å². The molecule has 1 aromatic carbocycles. The number of aryl methyl sites for hydroxylation is 1. The number of nitrogens with one attached hydrogen (secondary N) is 3. The molecule has 0 aliphatic carbocycles. The summed E-state index contributed by atoms with van der Waals surface area (Å²) in [6.07, 6.45) is 10.2. The molecule has 5 heterocycles. The lowest BCUT2D eigenvalue weighted by Crippen LogP contribution is -2.54. The van der Waals surface area contributed by atoms with E-state index in [2.05, 4.69) is 37.1 Å². The molecule has 2 fully saturated rings. The molecule has 2 aliphatic heterocycles. The second-order valence-corrected chi connectivity index (χ2v) is 10.7. The summed E-state index contributed by atoms with van der Waals surface area (Å²) in [6.45, 7) is 4.05. The predicted octanol–water partition coefficient (Wildman–Crippen LogP) is 2.73. The third-order valence-corrected chi connectivity index (χ3v) is 7.83. The van der Waals surface area contributed by atoms with Crippen LogP contribution in [0.4, 0.5) is 16.3 Å². The van der Waals surface area contributed by atoms with E-state index >= 15 is 0 Å². The average Bonchev–Trinajstić information content (AvgIpc) is 3.78. The molecule has 0 bridgehead atoms. The van der Waals surface area contributed by atoms with Crippen LogP contribution in [0.3, 0.4) is 0 Å². The van der Waals surface area contributed by atoms with Crippen LogP contribution in [0.5, 0.6) is 0 Å². The third kappa shape index (κ3) is 5.72. The number of imidazole rings is 1. The Balaban J connectivity index is 1.11. The van der Waals surface area contributed by atoms with Crippen molar-refractivity contribution < 1.29 is 9.59 Å². The SMILES string of the molecule is N#CCCn1cc(-c2cnc3c(Nc4ccc(C(=O)N5CCN(C(=O)N[C@@H]6CCNC6)CC5)c(Cl)c4)nccn23)cn1. The van der Waals surface area contributed by atoms with E-state index in [1.807, 2.05) is 16.8 Å². The molecule has 216 valence electrons. The molecule has 2 aliphatic rings. The zero-order valence-corrected chi connectivity index (χ0v) is 23.6. The number of hydrogen-bond donors (Lipinski definition) is 3. The second-order valence-electron chi connectivity index (χ2n) is 10.3. The van der Waals surface area contributed by atoms with Gasteiger partial charge in [0.1, 0.15) is 0 Å². The third-order valence-electron chi connectivity index (χ3n) is 7.51. The van der Waals surface area contributed by atoms with Crippen LogP contribution < -0.4 is 16.0 Å². The molecule has 3 aromatic heterocycles. The molecule has 4 aromatic rings. The van der Waals surface area contributed by atoms with Crippen LogP contribution in [0.15, 0.2) is 49.2 Å². The molecule has 3 amide bonds. The fraction of sp³-hybridized carbons (Fsp3) is 0.357. The topological polar surface area (TPSA) is 149 Å². The standard InChI is InChI=1S/C28H30ClN11O2/c29-23-14-20(2-3-22(23)27(41)37-10-12-38(13-11-37)28(42)36-21-4-6-31-16-21)35-25-26-33-17-24(40(26)9-7-32-25)19-15-34-39(18-19)8-1-5-30/h2-3,7,9,14-15,17-18,21,31H,1,4,6,8,10-13,16H2,(H,32,35)(H,36,42)/t21-/m1/s1. The largest absolute Gasteiger partial charge is 0.337 e. The highest BCUT2D eigenvalue weighted by Crippen LogP contribution is 2.28. The summed E-state index contributed by atoms with van der Waals surface area (Å²) in [5.41, 5.74) is 3.38. The number of rotatable bonds is 7. The number of aromatic nitrogens is 5. The maximum Gasteiger partial charge on any atom is 0.317 e. The molecule has 0 unspecified atom stereocenters. The molecule has 14 heteroatoms. The lowest BCUT2D eigenvalue weighted by atomic mass is 10.1. The predicted molar refractivity (Wildman–Crippen MR) is 156 cm³/mol. The summed E-state index contributed by atoms with van der Waals surface area (Å²) >= 11 is 6.59. The Kier molecular flexibility index (Phi) is 7.89. The normalized spacial score (nSPS) is 16.9. The van der Waals surface area contributed by atoms with Crippen molar-refractivity contribution in [2.24, 2.45) is 0 Å². The first-order valence-electron chi connectivity index (χ1n) is 13.8. The van der Waals surface area contributed by atoms with Gasteiger partial charge < -0.3 is 25.8 Å². The van der Waals surface area contributed by atoms with E-state index in [1.165, 1.54) is 0 Å². The summed E-state index contributed by atoms with van der Waals surface area (Å²) in [4.78, 5) is 38.3. The minimum Gasteiger partial charge on any atom is -0.337 e. The molecule has 2 saturated heterocycles. The van der Waals surface area contributed by atoms with Crippen molar-refractivity contribution in [3.05, 3.63) is 59.8 Å². The van der Waals surface area contributed by atoms with Gasteiger partial charge in [0.25, 0.3) is 5.91 Å². The first kappa shape index (κ1) is 27.5. The van der Waals surface area contributed by atoms with Gasteiger partial charge in [-0.05, 0) is 31.2 Å². The summed E-state index contributed by atoms with van der Waals surface area (Å²) in [6, 6.07) is 7.38. The number of nitriles is 1. The smallest absolute Gasteiger partial charge is 0.317 e. The van der Waals surface area contributed by atoms with Gasteiger partial charge in [0.2, 0.25) is 0 Å². The van der Waals surface area contributed by atoms with Crippen molar-refractivity contribution in [2.45, 2.75) is 25.4 Å². The van der Waals surface area contributed by atoms with Gasteiger partial charge in [-0.1, -0.05) is 11.6 Å². The maximum absolute atomic E-state index is 13.3. The minimum absolute atomic E-state index is 0.0804. The Hall–Kier alpha value is -4.67. The fourth-order valence-corrected chi connectivity index (χ4v) is 5.49. The van der Waals surface area contributed by atoms with Crippen LogP contribution in [-0.4, -0.2) is 91.2 Å². The number of piperazine rings is 1. The Bertz CT molecular complexity index is 1640. The van der Waals surface area contributed by atoms with Crippen LogP contribution in [-0.2, 0) is 6.54 Å². The number of amides is 3. The van der Waals surface area contributed by atoms with E-state index in [4.69, 9.17) is 16.9 Å². The number of fused-ring (bicyclic) bond motifs is 1. The van der Waals surface area contributed by atoms with Gasteiger partial charge >= 0.3 is 6.03 Å². The first-order valence-corrected chi connectivity index (χ1v) is 14.2. The molecule has 1 atom stereocenters. The number of anilines is 2. The van der Waals surface area contributed by atoms with Gasteiger partial charge in [-0.2, -0.15) is 10.4 Å². The van der Waals surface area contributed by atoms with Crippen molar-refractivity contribution in [1.82, 2.24) is 44.6 Å². The van der Waals surface area contributed by atoms with Gasteiger partial charge in [0, 0.05) is 68.6 Å². The van der Waals surface area contributed by atoms with E-state index in [0.29, 0.717) is 66.9 Å². The van der Waals surface area contributed by atoms with E-state index in [1.54, 1.807) is 51.3 Å². The Morgan fingerprint density at radius 2 is 1.98 bits per heavy atom. The summed E-state index contributed by atoms with van der Waals surface area (Å²) < 4.78 is 3.64. The van der Waals surface area contributed by atoms with Crippen molar-refractivity contribution in [2.75, 3.05) is 44.6 Å². The zero-order chi connectivity index (χ0) is 29.1. The molecule has 42 heavy (non-hydrogen) atoms. The van der Waals surface area contributed by atoms with E-state index < -0.39 is 0 Å². The van der Waals surface area contributed by atoms with Crippen LogP contribution in [0.1, 0.15) is 23.2 Å². The molecule has 6 rings (SSSR count). The summed E-state index contributed by atoms with van der Waals surface area (Å²) in [5, 5.41) is 23.0. The lowest BCUT2D eigenvalue weighted by molar-refractivity contribution is 0.0664. The first-order chi connectivity index (χ1) is 20.5. The van der Waals surface area contributed by atoms with Crippen LogP contribution in [0.25, 0.3) is 16.9 Å². The highest BCUT2D eigenvalue weighted by molar-refractivity contribution is 6.34. The molecule has 0 radical (unpaired) electrons. The van der Waals surface area contributed by atoms with Gasteiger partial charge in [-0.15, -0.1) is 0 Å². The van der Waals surface area contributed by atoms with Gasteiger partial charge in [0.05, 0.1) is 47.7 Å². The van der Waals surface area contributed by atoms with Crippen molar-refractivity contribution >= 4 is 40.7 Å². The molecule has 3 N–H and O–H groups in total. The lowest BCUT2D eigenvalue weighted by Gasteiger charge is -2.35.